The molecule has 6 heteroatoms. The first-order valence-corrected chi connectivity index (χ1v) is 7.33. The van der Waals surface area contributed by atoms with Crippen molar-refractivity contribution < 1.29 is 9.52 Å². The Morgan fingerprint density at radius 1 is 1.14 bits per heavy atom. The fourth-order valence-electron chi connectivity index (χ4n) is 2.65. The van der Waals surface area contributed by atoms with Crippen molar-refractivity contribution in [2.24, 2.45) is 0 Å². The summed E-state index contributed by atoms with van der Waals surface area (Å²) in [5.41, 5.74) is 3.48. The van der Waals surface area contributed by atoms with Crippen molar-refractivity contribution in [2.75, 3.05) is 0 Å². The number of aliphatic hydroxyl groups is 1. The van der Waals surface area contributed by atoms with Gasteiger partial charge in [-0.25, -0.2) is 4.79 Å². The maximum absolute atomic E-state index is 11.4. The van der Waals surface area contributed by atoms with E-state index in [0.29, 0.717) is 22.4 Å². The molecule has 0 fully saturated rings. The van der Waals surface area contributed by atoms with Gasteiger partial charge in [-0.3, -0.25) is 0 Å². The molecule has 0 bridgehead atoms. The molecular formula is C15H15BrN2O3. The quantitative estimate of drug-likeness (QED) is 0.663. The van der Waals surface area contributed by atoms with Crippen LogP contribution in [-0.2, 0) is 0 Å². The topological polar surface area (TPSA) is 82.0 Å². The van der Waals surface area contributed by atoms with E-state index in [9.17, 15) is 9.90 Å². The number of fused-ring (bicyclic) bond motifs is 1. The van der Waals surface area contributed by atoms with Crippen molar-refractivity contribution in [3.8, 4) is 0 Å². The summed E-state index contributed by atoms with van der Waals surface area (Å²) in [6.45, 7) is 5.64. The summed E-state index contributed by atoms with van der Waals surface area (Å²) < 4.78 is 6.31. The molecule has 2 aromatic heterocycles. The van der Waals surface area contributed by atoms with Crippen LogP contribution in [0.15, 0.2) is 25.8 Å². The third-order valence-electron chi connectivity index (χ3n) is 3.82. The average molecular weight is 351 g/mol. The summed E-state index contributed by atoms with van der Waals surface area (Å²) in [5, 5.41) is 10.7. The minimum absolute atomic E-state index is 0.268. The van der Waals surface area contributed by atoms with Gasteiger partial charge in [-0.15, -0.1) is 0 Å². The number of nitrogens with one attached hydrogen (secondary N) is 2. The summed E-state index contributed by atoms with van der Waals surface area (Å²) >= 11 is 3.45. The van der Waals surface area contributed by atoms with E-state index in [0.717, 1.165) is 21.4 Å². The van der Waals surface area contributed by atoms with Gasteiger partial charge in [-0.1, -0.05) is 15.9 Å². The number of aromatic amines is 2. The molecule has 1 aromatic carbocycles. The molecule has 0 aliphatic heterocycles. The normalized spacial score (nSPS) is 13.0. The number of rotatable bonds is 2. The minimum Gasteiger partial charge on any atom is -0.466 e. The Bertz CT molecular complexity index is 888. The largest absolute Gasteiger partial charge is 0.466 e. The van der Waals surface area contributed by atoms with Gasteiger partial charge >= 0.3 is 5.69 Å². The second-order valence-electron chi connectivity index (χ2n) is 5.15. The number of H-pyrrole nitrogens is 2. The minimum atomic E-state index is -0.820. The Morgan fingerprint density at radius 3 is 2.33 bits per heavy atom. The fraction of sp³-hybridized carbons (Fsp3) is 0.267. The Balaban J connectivity index is 2.18. The standard InChI is InChI=1S/C15H15BrN2O3/c1-6-7(2)21-8(3)13(6)14(19)9-4-11-12(5-10(9)16)18-15(20)17-11/h4-5,14,19H,1-3H3,(H2,17,18,20). The van der Waals surface area contributed by atoms with Crippen LogP contribution in [0.2, 0.25) is 0 Å². The predicted molar refractivity (Wildman–Crippen MR) is 83.6 cm³/mol. The molecule has 0 amide bonds. The van der Waals surface area contributed by atoms with Crippen molar-refractivity contribution in [3.63, 3.8) is 0 Å². The van der Waals surface area contributed by atoms with Gasteiger partial charge in [0.15, 0.2) is 0 Å². The molecule has 21 heavy (non-hydrogen) atoms. The van der Waals surface area contributed by atoms with E-state index >= 15 is 0 Å². The highest BCUT2D eigenvalue weighted by Crippen LogP contribution is 2.35. The van der Waals surface area contributed by atoms with E-state index in [1.54, 1.807) is 12.1 Å². The van der Waals surface area contributed by atoms with E-state index < -0.39 is 6.10 Å². The van der Waals surface area contributed by atoms with Crippen LogP contribution < -0.4 is 5.69 Å². The molecule has 3 N–H and O–H groups in total. The average Bonchev–Trinajstić information content (AvgIpc) is 2.87. The summed E-state index contributed by atoms with van der Waals surface area (Å²) in [4.78, 5) is 16.8. The van der Waals surface area contributed by atoms with Crippen molar-refractivity contribution in [1.82, 2.24) is 9.97 Å². The van der Waals surface area contributed by atoms with Crippen molar-refractivity contribution in [1.29, 1.82) is 0 Å². The van der Waals surface area contributed by atoms with Crippen LogP contribution >= 0.6 is 15.9 Å². The Labute approximate surface area is 129 Å². The first-order valence-electron chi connectivity index (χ1n) is 6.54. The number of aryl methyl sites for hydroxylation is 2. The number of halogens is 1. The van der Waals surface area contributed by atoms with Crippen molar-refractivity contribution in [3.05, 3.63) is 55.3 Å². The number of aromatic nitrogens is 2. The lowest BCUT2D eigenvalue weighted by Crippen LogP contribution is -2.03. The first-order chi connectivity index (χ1) is 9.88. The number of hydrogen-bond donors (Lipinski definition) is 3. The van der Waals surface area contributed by atoms with Crippen LogP contribution in [0.1, 0.15) is 34.3 Å². The second kappa shape index (κ2) is 4.89. The molecule has 0 radical (unpaired) electrons. The van der Waals surface area contributed by atoms with Crippen LogP contribution in [-0.4, -0.2) is 15.1 Å². The number of imidazole rings is 1. The highest BCUT2D eigenvalue weighted by molar-refractivity contribution is 9.10. The van der Waals surface area contributed by atoms with Crippen LogP contribution in [0.3, 0.4) is 0 Å². The lowest BCUT2D eigenvalue weighted by Gasteiger charge is -2.14. The molecule has 2 heterocycles. The zero-order valence-corrected chi connectivity index (χ0v) is 13.5. The smallest absolute Gasteiger partial charge is 0.323 e. The molecular weight excluding hydrogens is 336 g/mol. The van der Waals surface area contributed by atoms with Gasteiger partial charge in [-0.05, 0) is 38.5 Å². The molecule has 3 aromatic rings. The molecule has 0 spiro atoms. The summed E-state index contributed by atoms with van der Waals surface area (Å²) in [6.07, 6.45) is -0.820. The van der Waals surface area contributed by atoms with Gasteiger partial charge in [0.2, 0.25) is 0 Å². The zero-order valence-electron chi connectivity index (χ0n) is 11.9. The van der Waals surface area contributed by atoms with Gasteiger partial charge < -0.3 is 19.5 Å². The highest BCUT2D eigenvalue weighted by Gasteiger charge is 2.23. The number of benzene rings is 1. The molecule has 3 rings (SSSR count). The molecule has 0 aliphatic carbocycles. The summed E-state index contributed by atoms with van der Waals surface area (Å²) in [5.74, 6) is 1.50. The molecule has 0 saturated heterocycles. The lowest BCUT2D eigenvalue weighted by molar-refractivity contribution is 0.216. The zero-order chi connectivity index (χ0) is 15.3. The van der Waals surface area contributed by atoms with Crippen LogP contribution in [0.5, 0.6) is 0 Å². The van der Waals surface area contributed by atoms with E-state index in [1.165, 1.54) is 0 Å². The van der Waals surface area contributed by atoms with Crippen LogP contribution in [0.25, 0.3) is 11.0 Å². The molecule has 110 valence electrons. The van der Waals surface area contributed by atoms with E-state index in [-0.39, 0.29) is 5.69 Å². The number of aliphatic hydroxyl groups excluding tert-OH is 1. The number of furan rings is 1. The molecule has 0 aliphatic rings. The van der Waals surface area contributed by atoms with Gasteiger partial charge in [-0.2, -0.15) is 0 Å². The van der Waals surface area contributed by atoms with Gasteiger partial charge in [0.25, 0.3) is 0 Å². The van der Waals surface area contributed by atoms with Gasteiger partial charge in [0, 0.05) is 15.6 Å². The van der Waals surface area contributed by atoms with E-state index in [2.05, 4.69) is 25.9 Å². The SMILES string of the molecule is Cc1oc(C)c(C(O)c2cc3[nH]c(=O)[nH]c3cc2Br)c1C. The summed E-state index contributed by atoms with van der Waals surface area (Å²) in [7, 11) is 0. The van der Waals surface area contributed by atoms with Crippen molar-refractivity contribution in [2.45, 2.75) is 26.9 Å². The maximum atomic E-state index is 11.4. The monoisotopic (exact) mass is 350 g/mol. The third kappa shape index (κ3) is 2.24. The van der Waals surface area contributed by atoms with Crippen LogP contribution in [0.4, 0.5) is 0 Å². The van der Waals surface area contributed by atoms with Gasteiger partial charge in [0.05, 0.1) is 11.0 Å². The lowest BCUT2D eigenvalue weighted by atomic mass is 9.98. The molecule has 1 atom stereocenters. The Kier molecular flexibility index (Phi) is 3.30. The fourth-order valence-corrected chi connectivity index (χ4v) is 3.21. The summed E-state index contributed by atoms with van der Waals surface area (Å²) in [6, 6.07) is 3.55. The third-order valence-corrected chi connectivity index (χ3v) is 4.51. The van der Waals surface area contributed by atoms with E-state index in [1.807, 2.05) is 20.8 Å². The molecule has 5 nitrogen and oxygen atoms in total. The molecule has 1 unspecified atom stereocenters. The predicted octanol–water partition coefficient (Wildman–Crippen LogP) is 3.22. The molecule has 0 saturated carbocycles. The second-order valence-corrected chi connectivity index (χ2v) is 6.01. The van der Waals surface area contributed by atoms with E-state index in [4.69, 9.17) is 4.42 Å². The number of hydrogen-bond acceptors (Lipinski definition) is 3. The Hall–Kier alpha value is -1.79. The Morgan fingerprint density at radius 2 is 1.76 bits per heavy atom. The maximum Gasteiger partial charge on any atom is 0.323 e. The highest BCUT2D eigenvalue weighted by atomic mass is 79.9. The first kappa shape index (κ1) is 14.2. The van der Waals surface area contributed by atoms with Gasteiger partial charge in [0.1, 0.15) is 17.6 Å². The van der Waals surface area contributed by atoms with Crippen molar-refractivity contribution >= 4 is 27.0 Å². The van der Waals surface area contributed by atoms with Crippen LogP contribution in [0, 0.1) is 20.8 Å².